The van der Waals surface area contributed by atoms with Crippen LogP contribution in [-0.2, 0) is 12.7 Å². The third kappa shape index (κ3) is 4.59. The standard InChI is InChI=1S/C20H16F3N3O2/c21-20(22,23)15-9-7-14(8-10-15)13-26-11-3-4-16(26)12-24-25-19(28)17-5-1-2-6-18(17)27/h1-12,27H,13H2,(H,25,28)/b24-12+. The fraction of sp³-hybridized carbons (Fsp3) is 0.100. The molecular formula is C20H16F3N3O2. The Morgan fingerprint density at radius 2 is 1.79 bits per heavy atom. The van der Waals surface area contributed by atoms with E-state index in [0.29, 0.717) is 17.8 Å². The monoisotopic (exact) mass is 387 g/mol. The molecule has 3 rings (SSSR count). The molecule has 0 aliphatic rings. The zero-order chi connectivity index (χ0) is 20.1. The lowest BCUT2D eigenvalue weighted by molar-refractivity contribution is -0.137. The van der Waals surface area contributed by atoms with Crippen LogP contribution in [0.2, 0.25) is 0 Å². The Bertz CT molecular complexity index is 992. The number of aromatic nitrogens is 1. The van der Waals surface area contributed by atoms with Crippen LogP contribution in [0.5, 0.6) is 5.75 Å². The van der Waals surface area contributed by atoms with Gasteiger partial charge in [-0.15, -0.1) is 0 Å². The van der Waals surface area contributed by atoms with Crippen molar-refractivity contribution < 1.29 is 23.1 Å². The molecule has 3 aromatic rings. The van der Waals surface area contributed by atoms with Crippen LogP contribution >= 0.6 is 0 Å². The summed E-state index contributed by atoms with van der Waals surface area (Å²) in [7, 11) is 0. The van der Waals surface area contributed by atoms with E-state index in [0.717, 1.165) is 12.1 Å². The first-order valence-electron chi connectivity index (χ1n) is 8.27. The highest BCUT2D eigenvalue weighted by Gasteiger charge is 2.29. The number of alkyl halides is 3. The van der Waals surface area contributed by atoms with Gasteiger partial charge in [0.25, 0.3) is 5.91 Å². The quantitative estimate of drug-likeness (QED) is 0.513. The van der Waals surface area contributed by atoms with Crippen LogP contribution < -0.4 is 5.43 Å². The van der Waals surface area contributed by atoms with Crippen LogP contribution in [-0.4, -0.2) is 21.8 Å². The second-order valence-corrected chi connectivity index (χ2v) is 5.97. The topological polar surface area (TPSA) is 66.6 Å². The molecule has 1 aromatic heterocycles. The van der Waals surface area contributed by atoms with Crippen molar-refractivity contribution in [3.8, 4) is 5.75 Å². The Morgan fingerprint density at radius 1 is 1.07 bits per heavy atom. The number of halogens is 3. The molecule has 0 saturated carbocycles. The van der Waals surface area contributed by atoms with Gasteiger partial charge in [-0.05, 0) is 42.0 Å². The molecule has 0 bridgehead atoms. The minimum Gasteiger partial charge on any atom is -0.507 e. The molecule has 2 aromatic carbocycles. The van der Waals surface area contributed by atoms with Crippen molar-refractivity contribution in [3.63, 3.8) is 0 Å². The second-order valence-electron chi connectivity index (χ2n) is 5.97. The molecule has 5 nitrogen and oxygen atoms in total. The highest BCUT2D eigenvalue weighted by molar-refractivity contribution is 5.97. The van der Waals surface area contributed by atoms with Crippen molar-refractivity contribution >= 4 is 12.1 Å². The van der Waals surface area contributed by atoms with Crippen molar-refractivity contribution in [1.82, 2.24) is 9.99 Å². The van der Waals surface area contributed by atoms with Gasteiger partial charge in [-0.2, -0.15) is 18.3 Å². The summed E-state index contributed by atoms with van der Waals surface area (Å²) in [5, 5.41) is 13.5. The second kappa shape index (κ2) is 7.99. The number of hydrogen-bond acceptors (Lipinski definition) is 3. The first-order chi connectivity index (χ1) is 13.3. The zero-order valence-corrected chi connectivity index (χ0v) is 14.5. The summed E-state index contributed by atoms with van der Waals surface area (Å²) < 4.78 is 39.7. The summed E-state index contributed by atoms with van der Waals surface area (Å²) in [4.78, 5) is 12.0. The van der Waals surface area contributed by atoms with Crippen molar-refractivity contribution in [2.75, 3.05) is 0 Å². The highest BCUT2D eigenvalue weighted by atomic mass is 19.4. The third-order valence-corrected chi connectivity index (χ3v) is 4.01. The van der Waals surface area contributed by atoms with Gasteiger partial charge in [0.1, 0.15) is 5.75 Å². The van der Waals surface area contributed by atoms with E-state index in [4.69, 9.17) is 0 Å². The number of hydrazone groups is 1. The molecule has 0 fully saturated rings. The van der Waals surface area contributed by atoms with E-state index in [2.05, 4.69) is 10.5 Å². The lowest BCUT2D eigenvalue weighted by Gasteiger charge is -2.09. The summed E-state index contributed by atoms with van der Waals surface area (Å²) in [5.41, 5.74) is 3.07. The SMILES string of the molecule is O=C(N/N=C/c1cccn1Cc1ccc(C(F)(F)F)cc1)c1ccccc1O. The lowest BCUT2D eigenvalue weighted by atomic mass is 10.1. The van der Waals surface area contributed by atoms with Gasteiger partial charge in [-0.3, -0.25) is 4.79 Å². The number of rotatable bonds is 5. The van der Waals surface area contributed by atoms with Gasteiger partial charge >= 0.3 is 6.18 Å². The largest absolute Gasteiger partial charge is 0.507 e. The molecule has 28 heavy (non-hydrogen) atoms. The molecule has 0 atom stereocenters. The van der Waals surface area contributed by atoms with Gasteiger partial charge in [0.2, 0.25) is 0 Å². The van der Waals surface area contributed by atoms with E-state index < -0.39 is 17.6 Å². The summed E-state index contributed by atoms with van der Waals surface area (Å²) in [5.74, 6) is -0.712. The van der Waals surface area contributed by atoms with Gasteiger partial charge in [-0.25, -0.2) is 5.43 Å². The number of nitrogens with one attached hydrogen (secondary N) is 1. The Balaban J connectivity index is 1.66. The van der Waals surface area contributed by atoms with Gasteiger partial charge in [0.05, 0.1) is 23.0 Å². The molecule has 0 saturated heterocycles. The predicted octanol–water partition coefficient (Wildman–Crippen LogP) is 4.02. The molecule has 144 valence electrons. The molecule has 2 N–H and O–H groups in total. The number of para-hydroxylation sites is 1. The third-order valence-electron chi connectivity index (χ3n) is 4.01. The number of nitrogens with zero attached hydrogens (tertiary/aromatic N) is 2. The lowest BCUT2D eigenvalue weighted by Crippen LogP contribution is -2.18. The van der Waals surface area contributed by atoms with Crippen LogP contribution in [0.25, 0.3) is 0 Å². The van der Waals surface area contributed by atoms with Gasteiger partial charge in [-0.1, -0.05) is 24.3 Å². The van der Waals surface area contributed by atoms with Crippen LogP contribution in [0.4, 0.5) is 13.2 Å². The average molecular weight is 387 g/mol. The number of benzene rings is 2. The first-order valence-corrected chi connectivity index (χ1v) is 8.27. The first kappa shape index (κ1) is 19.2. The van der Waals surface area contributed by atoms with E-state index >= 15 is 0 Å². The van der Waals surface area contributed by atoms with E-state index in [9.17, 15) is 23.1 Å². The minimum atomic E-state index is -4.37. The number of aromatic hydroxyl groups is 1. The Hall–Kier alpha value is -3.55. The number of hydrogen-bond donors (Lipinski definition) is 2. The van der Waals surface area contributed by atoms with Gasteiger partial charge in [0.15, 0.2) is 0 Å². The molecule has 0 unspecified atom stereocenters. The molecule has 8 heteroatoms. The smallest absolute Gasteiger partial charge is 0.416 e. The predicted molar refractivity (Wildman–Crippen MR) is 98.1 cm³/mol. The molecule has 1 amide bonds. The van der Waals surface area contributed by atoms with Crippen LogP contribution in [0.3, 0.4) is 0 Å². The molecular weight excluding hydrogens is 371 g/mol. The molecule has 1 heterocycles. The number of carbonyl (C=O) groups is 1. The normalized spacial score (nSPS) is 11.7. The Labute approximate surface area is 158 Å². The zero-order valence-electron chi connectivity index (χ0n) is 14.5. The maximum absolute atomic E-state index is 12.6. The van der Waals surface area contributed by atoms with Gasteiger partial charge < -0.3 is 9.67 Å². The summed E-state index contributed by atoms with van der Waals surface area (Å²) in [6.07, 6.45) is -1.19. The maximum atomic E-state index is 12.6. The van der Waals surface area contributed by atoms with E-state index in [1.54, 1.807) is 35.0 Å². The Kier molecular flexibility index (Phi) is 5.49. The van der Waals surface area contributed by atoms with E-state index in [1.165, 1.54) is 30.5 Å². The van der Waals surface area contributed by atoms with Crippen LogP contribution in [0.1, 0.15) is 27.2 Å². The maximum Gasteiger partial charge on any atom is 0.416 e. The number of carbonyl (C=O) groups excluding carboxylic acids is 1. The van der Waals surface area contributed by atoms with Crippen molar-refractivity contribution in [2.45, 2.75) is 12.7 Å². The highest BCUT2D eigenvalue weighted by Crippen LogP contribution is 2.29. The molecule has 0 radical (unpaired) electrons. The molecule has 0 aliphatic heterocycles. The van der Waals surface area contributed by atoms with Crippen molar-refractivity contribution in [2.24, 2.45) is 5.10 Å². The number of amides is 1. The Morgan fingerprint density at radius 3 is 2.46 bits per heavy atom. The average Bonchev–Trinajstić information content (AvgIpc) is 3.08. The molecule has 0 spiro atoms. The summed E-state index contributed by atoms with van der Waals surface area (Å²) >= 11 is 0. The minimum absolute atomic E-state index is 0.0970. The molecule has 0 aliphatic carbocycles. The van der Waals surface area contributed by atoms with Crippen molar-refractivity contribution in [1.29, 1.82) is 0 Å². The summed E-state index contributed by atoms with van der Waals surface area (Å²) in [6, 6.07) is 14.5. The van der Waals surface area contributed by atoms with E-state index in [1.807, 2.05) is 0 Å². The fourth-order valence-electron chi connectivity index (χ4n) is 2.57. The number of phenols is 1. The van der Waals surface area contributed by atoms with Gasteiger partial charge in [0, 0.05) is 12.7 Å². The van der Waals surface area contributed by atoms with Crippen LogP contribution in [0.15, 0.2) is 72.0 Å². The fourth-order valence-corrected chi connectivity index (χ4v) is 2.57. The number of phenolic OH excluding ortho intramolecular Hbond substituents is 1. The van der Waals surface area contributed by atoms with E-state index in [-0.39, 0.29) is 11.3 Å². The van der Waals surface area contributed by atoms with Crippen molar-refractivity contribution in [3.05, 3.63) is 89.2 Å². The summed E-state index contributed by atoms with van der Waals surface area (Å²) in [6.45, 7) is 0.347. The van der Waals surface area contributed by atoms with Crippen LogP contribution in [0, 0.1) is 0 Å².